The van der Waals surface area contributed by atoms with Gasteiger partial charge in [0.2, 0.25) is 5.91 Å². The number of rotatable bonds is 2. The van der Waals surface area contributed by atoms with E-state index in [1.165, 1.54) is 4.90 Å². The largest absolute Gasteiger partial charge is 0.372 e. The average molecular weight is 355 g/mol. The lowest BCUT2D eigenvalue weighted by molar-refractivity contribution is -0.143. The maximum Gasteiger partial charge on any atom is 0.258 e. The summed E-state index contributed by atoms with van der Waals surface area (Å²) in [7, 11) is 1.65. The Kier molecular flexibility index (Phi) is 3.99. The maximum atomic E-state index is 12.7. The van der Waals surface area contributed by atoms with Gasteiger partial charge in [0.05, 0.1) is 5.56 Å². The van der Waals surface area contributed by atoms with E-state index in [0.29, 0.717) is 15.9 Å². The summed E-state index contributed by atoms with van der Waals surface area (Å²) in [5.41, 5.74) is -0.819. The molecule has 1 aliphatic rings. The summed E-state index contributed by atoms with van der Waals surface area (Å²) in [4.78, 5) is 41.6. The molecule has 0 bridgehead atoms. The van der Waals surface area contributed by atoms with Gasteiger partial charge < -0.3 is 10.2 Å². The summed E-state index contributed by atoms with van der Waals surface area (Å²) in [6, 6.07) is 1.61. The normalized spacial score (nSPS) is 17.4. The predicted molar refractivity (Wildman–Crippen MR) is 79.7 cm³/mol. The number of hydrogen-bond donors (Lipinski definition) is 2. The molecule has 7 nitrogen and oxygen atoms in total. The molecule has 0 atom stereocenters. The summed E-state index contributed by atoms with van der Waals surface area (Å²) in [6.45, 7) is 3.02. The third-order valence-corrected chi connectivity index (χ3v) is 3.79. The third-order valence-electron chi connectivity index (χ3n) is 3.35. The molecule has 0 aromatic carbocycles. The van der Waals surface area contributed by atoms with Crippen LogP contribution in [-0.4, -0.2) is 46.7 Å². The van der Waals surface area contributed by atoms with Crippen LogP contribution in [0.15, 0.2) is 16.7 Å². The van der Waals surface area contributed by atoms with Crippen molar-refractivity contribution in [3.05, 3.63) is 22.3 Å². The number of amides is 3. The van der Waals surface area contributed by atoms with E-state index >= 15 is 0 Å². The van der Waals surface area contributed by atoms with Crippen LogP contribution >= 0.6 is 15.9 Å². The standard InChI is InChI=1S/C13H15BrN4O3/c1-13(2)12(21)17-9(19)6-18(13)11(20)8-4-7(14)5-16-10(8)15-3/h4-5H,6H2,1-3H3,(H,15,16)(H,17,19,21). The van der Waals surface area contributed by atoms with E-state index in [1.54, 1.807) is 33.2 Å². The van der Waals surface area contributed by atoms with Crippen molar-refractivity contribution >= 4 is 39.5 Å². The highest BCUT2D eigenvalue weighted by atomic mass is 79.9. The van der Waals surface area contributed by atoms with Gasteiger partial charge in [-0.2, -0.15) is 0 Å². The van der Waals surface area contributed by atoms with Crippen LogP contribution in [0, 0.1) is 0 Å². The van der Waals surface area contributed by atoms with Gasteiger partial charge in [0.25, 0.3) is 11.8 Å². The van der Waals surface area contributed by atoms with Gasteiger partial charge in [0, 0.05) is 17.7 Å². The number of carbonyl (C=O) groups excluding carboxylic acids is 3. The molecule has 0 aliphatic carbocycles. The number of piperazine rings is 1. The lowest BCUT2D eigenvalue weighted by Gasteiger charge is -2.40. The molecule has 0 radical (unpaired) electrons. The minimum atomic E-state index is -1.11. The van der Waals surface area contributed by atoms with Crippen molar-refractivity contribution in [1.29, 1.82) is 0 Å². The van der Waals surface area contributed by atoms with E-state index in [4.69, 9.17) is 0 Å². The van der Waals surface area contributed by atoms with Crippen molar-refractivity contribution in [3.8, 4) is 0 Å². The van der Waals surface area contributed by atoms with Crippen LogP contribution in [0.5, 0.6) is 0 Å². The molecule has 3 amide bonds. The van der Waals surface area contributed by atoms with Gasteiger partial charge in [-0.3, -0.25) is 19.7 Å². The van der Waals surface area contributed by atoms with E-state index in [2.05, 4.69) is 31.5 Å². The summed E-state index contributed by atoms with van der Waals surface area (Å²) in [5, 5.41) is 5.06. The second kappa shape index (κ2) is 5.44. The van der Waals surface area contributed by atoms with Crippen molar-refractivity contribution in [3.63, 3.8) is 0 Å². The molecule has 21 heavy (non-hydrogen) atoms. The molecule has 0 spiro atoms. The SMILES string of the molecule is CNc1ncc(Br)cc1C(=O)N1CC(=O)NC(=O)C1(C)C. The summed E-state index contributed by atoms with van der Waals surface area (Å²) in [5.74, 6) is -1.04. The van der Waals surface area contributed by atoms with Gasteiger partial charge in [-0.25, -0.2) is 4.98 Å². The number of halogens is 1. The van der Waals surface area contributed by atoms with E-state index in [0.717, 1.165) is 0 Å². The van der Waals surface area contributed by atoms with Crippen molar-refractivity contribution < 1.29 is 14.4 Å². The number of anilines is 1. The monoisotopic (exact) mass is 354 g/mol. The molecular weight excluding hydrogens is 340 g/mol. The minimum Gasteiger partial charge on any atom is -0.372 e. The quantitative estimate of drug-likeness (QED) is 0.765. The Morgan fingerprint density at radius 3 is 2.76 bits per heavy atom. The lowest BCUT2D eigenvalue weighted by atomic mass is 9.97. The molecule has 1 aromatic rings. The van der Waals surface area contributed by atoms with Crippen molar-refractivity contribution in [2.75, 3.05) is 18.9 Å². The van der Waals surface area contributed by atoms with Gasteiger partial charge in [0.15, 0.2) is 0 Å². The van der Waals surface area contributed by atoms with Gasteiger partial charge >= 0.3 is 0 Å². The van der Waals surface area contributed by atoms with Crippen LogP contribution in [0.2, 0.25) is 0 Å². The number of imide groups is 1. The van der Waals surface area contributed by atoms with Crippen LogP contribution < -0.4 is 10.6 Å². The molecule has 0 saturated carbocycles. The van der Waals surface area contributed by atoms with Crippen molar-refractivity contribution in [1.82, 2.24) is 15.2 Å². The molecule has 2 heterocycles. The fourth-order valence-corrected chi connectivity index (χ4v) is 2.39. The van der Waals surface area contributed by atoms with Crippen LogP contribution in [0.4, 0.5) is 5.82 Å². The zero-order valence-corrected chi connectivity index (χ0v) is 13.4. The maximum absolute atomic E-state index is 12.7. The Hall–Kier alpha value is -1.96. The van der Waals surface area contributed by atoms with Crippen molar-refractivity contribution in [2.24, 2.45) is 0 Å². The van der Waals surface area contributed by atoms with Crippen molar-refractivity contribution in [2.45, 2.75) is 19.4 Å². The van der Waals surface area contributed by atoms with Gasteiger partial charge in [-0.05, 0) is 35.8 Å². The highest BCUT2D eigenvalue weighted by molar-refractivity contribution is 9.10. The Labute approximate surface area is 130 Å². The molecule has 8 heteroatoms. The number of aromatic nitrogens is 1. The number of nitrogens with one attached hydrogen (secondary N) is 2. The first kappa shape index (κ1) is 15.4. The van der Waals surface area contributed by atoms with Crippen LogP contribution in [0.3, 0.4) is 0 Å². The Morgan fingerprint density at radius 2 is 2.14 bits per heavy atom. The molecule has 1 fully saturated rings. The van der Waals surface area contributed by atoms with E-state index in [-0.39, 0.29) is 6.54 Å². The number of carbonyl (C=O) groups is 3. The van der Waals surface area contributed by atoms with Gasteiger partial charge in [0.1, 0.15) is 17.9 Å². The number of hydrogen-bond acceptors (Lipinski definition) is 5. The first-order valence-corrected chi connectivity index (χ1v) is 7.06. The average Bonchev–Trinajstić information content (AvgIpc) is 2.42. The smallest absolute Gasteiger partial charge is 0.258 e. The fourth-order valence-electron chi connectivity index (χ4n) is 2.06. The summed E-state index contributed by atoms with van der Waals surface area (Å²) < 4.78 is 0.635. The Morgan fingerprint density at radius 1 is 1.48 bits per heavy atom. The summed E-state index contributed by atoms with van der Waals surface area (Å²) >= 11 is 3.26. The van der Waals surface area contributed by atoms with Crippen LogP contribution in [0.25, 0.3) is 0 Å². The third kappa shape index (κ3) is 2.76. The van der Waals surface area contributed by atoms with E-state index in [9.17, 15) is 14.4 Å². The molecule has 0 unspecified atom stereocenters. The molecule has 1 aliphatic heterocycles. The first-order valence-electron chi connectivity index (χ1n) is 6.27. The fraction of sp³-hybridized carbons (Fsp3) is 0.385. The number of nitrogens with zero attached hydrogens (tertiary/aromatic N) is 2. The highest BCUT2D eigenvalue weighted by Crippen LogP contribution is 2.25. The first-order chi connectivity index (χ1) is 9.77. The van der Waals surface area contributed by atoms with Gasteiger partial charge in [-0.15, -0.1) is 0 Å². The molecule has 2 rings (SSSR count). The topological polar surface area (TPSA) is 91.4 Å². The Bertz CT molecular complexity index is 630. The molecular formula is C13H15BrN4O3. The second-order valence-corrected chi connectivity index (χ2v) is 6.04. The van der Waals surface area contributed by atoms with E-state index < -0.39 is 23.3 Å². The Balaban J connectivity index is 2.45. The zero-order valence-electron chi connectivity index (χ0n) is 11.9. The zero-order chi connectivity index (χ0) is 15.8. The van der Waals surface area contributed by atoms with E-state index in [1.807, 2.05) is 0 Å². The van der Waals surface area contributed by atoms with Crippen LogP contribution in [-0.2, 0) is 9.59 Å². The predicted octanol–water partition coefficient (Wildman–Crippen LogP) is 0.763. The molecule has 2 N–H and O–H groups in total. The molecule has 1 saturated heterocycles. The highest BCUT2D eigenvalue weighted by Gasteiger charge is 2.44. The second-order valence-electron chi connectivity index (χ2n) is 5.13. The molecule has 1 aromatic heterocycles. The minimum absolute atomic E-state index is 0.173. The number of pyridine rings is 1. The van der Waals surface area contributed by atoms with Gasteiger partial charge in [-0.1, -0.05) is 0 Å². The van der Waals surface area contributed by atoms with Crippen LogP contribution in [0.1, 0.15) is 24.2 Å². The molecule has 112 valence electrons. The summed E-state index contributed by atoms with van der Waals surface area (Å²) in [6.07, 6.45) is 1.56. The lowest BCUT2D eigenvalue weighted by Crippen LogP contribution is -2.65.